The van der Waals surface area contributed by atoms with Crippen molar-refractivity contribution in [2.75, 3.05) is 19.1 Å². The van der Waals surface area contributed by atoms with Gasteiger partial charge in [-0.2, -0.15) is 0 Å². The average Bonchev–Trinajstić information content (AvgIpc) is 3.17. The van der Waals surface area contributed by atoms with Crippen molar-refractivity contribution in [3.05, 3.63) is 66.2 Å². The van der Waals surface area contributed by atoms with E-state index in [4.69, 9.17) is 4.74 Å². The van der Waals surface area contributed by atoms with Crippen LogP contribution >= 0.6 is 0 Å². The molecule has 1 heterocycles. The molecule has 0 fully saturated rings. The zero-order chi connectivity index (χ0) is 18.7. The lowest BCUT2D eigenvalue weighted by Crippen LogP contribution is -2.27. The summed E-state index contributed by atoms with van der Waals surface area (Å²) in [4.78, 5) is 18.3. The average molecular weight is 350 g/mol. The molecule has 0 atom stereocenters. The molecule has 0 unspecified atom stereocenters. The molecule has 0 aliphatic heterocycles. The minimum Gasteiger partial charge on any atom is -0.497 e. The standard InChI is InChI=1S/C20H22N4O2/c1-14(2)15-5-7-17(8-6-15)24-13-21-19(22-24)20(25)23(3)16-9-11-18(26-4)12-10-16/h5-14H,1-4H3. The predicted octanol–water partition coefficient (Wildman–Crippen LogP) is 3.68. The number of hydrogen-bond acceptors (Lipinski definition) is 4. The number of methoxy groups -OCH3 is 1. The highest BCUT2D eigenvalue weighted by atomic mass is 16.5. The van der Waals surface area contributed by atoms with Crippen molar-refractivity contribution in [2.45, 2.75) is 19.8 Å². The molecule has 134 valence electrons. The molecule has 26 heavy (non-hydrogen) atoms. The number of carbonyl (C=O) groups excluding carboxylic acids is 1. The molecular weight excluding hydrogens is 328 g/mol. The Morgan fingerprint density at radius 1 is 1.08 bits per heavy atom. The number of hydrogen-bond donors (Lipinski definition) is 0. The Bertz CT molecular complexity index is 883. The third-order valence-electron chi connectivity index (χ3n) is 4.27. The number of carbonyl (C=O) groups is 1. The van der Waals surface area contributed by atoms with Gasteiger partial charge in [0.25, 0.3) is 5.91 Å². The number of ether oxygens (including phenoxy) is 1. The number of benzene rings is 2. The van der Waals surface area contributed by atoms with Gasteiger partial charge in [-0.05, 0) is 47.9 Å². The van der Waals surface area contributed by atoms with E-state index in [1.807, 2.05) is 24.3 Å². The molecule has 2 aromatic carbocycles. The van der Waals surface area contributed by atoms with Crippen LogP contribution in [0.1, 0.15) is 35.9 Å². The second kappa shape index (κ2) is 7.39. The minimum atomic E-state index is -0.271. The molecule has 0 saturated heterocycles. The molecule has 0 spiro atoms. The van der Waals surface area contributed by atoms with E-state index in [1.54, 1.807) is 37.3 Å². The van der Waals surface area contributed by atoms with Crippen LogP contribution in [0.2, 0.25) is 0 Å². The van der Waals surface area contributed by atoms with Crippen LogP contribution in [0.15, 0.2) is 54.9 Å². The summed E-state index contributed by atoms with van der Waals surface area (Å²) in [5, 5.41) is 4.32. The van der Waals surface area contributed by atoms with Crippen molar-refractivity contribution in [3.8, 4) is 11.4 Å². The highest BCUT2D eigenvalue weighted by Gasteiger charge is 2.18. The van der Waals surface area contributed by atoms with Crippen molar-refractivity contribution in [1.29, 1.82) is 0 Å². The molecule has 0 bridgehead atoms. The molecule has 3 aromatic rings. The number of amides is 1. The predicted molar refractivity (Wildman–Crippen MR) is 101 cm³/mol. The van der Waals surface area contributed by atoms with Gasteiger partial charge in [0.1, 0.15) is 12.1 Å². The first-order chi connectivity index (χ1) is 12.5. The van der Waals surface area contributed by atoms with E-state index >= 15 is 0 Å². The smallest absolute Gasteiger partial charge is 0.297 e. The Kier molecular flexibility index (Phi) is 5.02. The molecular formula is C20H22N4O2. The zero-order valence-electron chi connectivity index (χ0n) is 15.4. The first-order valence-corrected chi connectivity index (χ1v) is 8.43. The maximum absolute atomic E-state index is 12.6. The van der Waals surface area contributed by atoms with Crippen molar-refractivity contribution in [3.63, 3.8) is 0 Å². The molecule has 1 aromatic heterocycles. The Labute approximate surface area is 153 Å². The van der Waals surface area contributed by atoms with Gasteiger partial charge < -0.3 is 9.64 Å². The van der Waals surface area contributed by atoms with Gasteiger partial charge in [0.15, 0.2) is 0 Å². The molecule has 0 aliphatic rings. The first kappa shape index (κ1) is 17.7. The van der Waals surface area contributed by atoms with Crippen LogP contribution in [0.25, 0.3) is 5.69 Å². The van der Waals surface area contributed by atoms with E-state index in [0.717, 1.165) is 17.1 Å². The second-order valence-electron chi connectivity index (χ2n) is 6.32. The van der Waals surface area contributed by atoms with Crippen LogP contribution in [0, 0.1) is 0 Å². The topological polar surface area (TPSA) is 60.2 Å². The van der Waals surface area contributed by atoms with Crippen molar-refractivity contribution in [1.82, 2.24) is 14.8 Å². The van der Waals surface area contributed by atoms with Crippen LogP contribution in [0.3, 0.4) is 0 Å². The fourth-order valence-corrected chi connectivity index (χ4v) is 2.57. The minimum absolute atomic E-state index is 0.149. The van der Waals surface area contributed by atoms with E-state index in [2.05, 4.69) is 36.1 Å². The molecule has 3 rings (SSSR count). The van der Waals surface area contributed by atoms with Crippen LogP contribution in [-0.2, 0) is 0 Å². The van der Waals surface area contributed by atoms with Gasteiger partial charge >= 0.3 is 0 Å². The first-order valence-electron chi connectivity index (χ1n) is 8.43. The van der Waals surface area contributed by atoms with Crippen molar-refractivity contribution < 1.29 is 9.53 Å². The monoisotopic (exact) mass is 350 g/mol. The van der Waals surface area contributed by atoms with Crippen molar-refractivity contribution in [2.24, 2.45) is 0 Å². The third-order valence-corrected chi connectivity index (χ3v) is 4.27. The Morgan fingerprint density at radius 2 is 1.73 bits per heavy atom. The Morgan fingerprint density at radius 3 is 2.31 bits per heavy atom. The highest BCUT2D eigenvalue weighted by Crippen LogP contribution is 2.20. The molecule has 6 nitrogen and oxygen atoms in total. The number of nitrogens with zero attached hydrogens (tertiary/aromatic N) is 4. The molecule has 0 saturated carbocycles. The summed E-state index contributed by atoms with van der Waals surface area (Å²) in [7, 11) is 3.30. The number of anilines is 1. The van der Waals surface area contributed by atoms with Crippen LogP contribution in [0.4, 0.5) is 5.69 Å². The lowest BCUT2D eigenvalue weighted by molar-refractivity contribution is 0.0983. The van der Waals surface area contributed by atoms with Crippen LogP contribution in [0.5, 0.6) is 5.75 Å². The normalized spacial score (nSPS) is 10.8. The molecule has 1 amide bonds. The van der Waals surface area contributed by atoms with Gasteiger partial charge in [0.05, 0.1) is 12.8 Å². The summed E-state index contributed by atoms with van der Waals surface area (Å²) < 4.78 is 6.75. The maximum Gasteiger partial charge on any atom is 0.297 e. The molecule has 0 radical (unpaired) electrons. The second-order valence-corrected chi connectivity index (χ2v) is 6.32. The van der Waals surface area contributed by atoms with Crippen LogP contribution < -0.4 is 9.64 Å². The quantitative estimate of drug-likeness (QED) is 0.704. The zero-order valence-corrected chi connectivity index (χ0v) is 15.4. The van der Waals surface area contributed by atoms with Gasteiger partial charge in [-0.15, -0.1) is 5.10 Å². The van der Waals surface area contributed by atoms with Gasteiger partial charge in [-0.1, -0.05) is 26.0 Å². The summed E-state index contributed by atoms with van der Waals surface area (Å²) in [6.07, 6.45) is 1.56. The summed E-state index contributed by atoms with van der Waals surface area (Å²) >= 11 is 0. The van der Waals surface area contributed by atoms with E-state index in [-0.39, 0.29) is 11.7 Å². The molecule has 0 N–H and O–H groups in total. The Balaban J connectivity index is 1.78. The number of aromatic nitrogens is 3. The van der Waals surface area contributed by atoms with E-state index in [0.29, 0.717) is 5.92 Å². The summed E-state index contributed by atoms with van der Waals surface area (Å²) in [5.41, 5.74) is 2.87. The SMILES string of the molecule is COc1ccc(N(C)C(=O)c2ncn(-c3ccc(C(C)C)cc3)n2)cc1. The lowest BCUT2D eigenvalue weighted by Gasteiger charge is -2.15. The van der Waals surface area contributed by atoms with Gasteiger partial charge in [-0.3, -0.25) is 4.79 Å². The van der Waals surface area contributed by atoms with Crippen LogP contribution in [-0.4, -0.2) is 34.8 Å². The van der Waals surface area contributed by atoms with Crippen molar-refractivity contribution >= 4 is 11.6 Å². The van der Waals surface area contributed by atoms with E-state index in [9.17, 15) is 4.79 Å². The fraction of sp³-hybridized carbons (Fsp3) is 0.250. The van der Waals surface area contributed by atoms with E-state index < -0.39 is 0 Å². The fourth-order valence-electron chi connectivity index (χ4n) is 2.57. The molecule has 6 heteroatoms. The number of rotatable bonds is 5. The summed E-state index contributed by atoms with van der Waals surface area (Å²) in [6, 6.07) is 15.3. The summed E-state index contributed by atoms with van der Waals surface area (Å²) in [5.74, 6) is 1.08. The van der Waals surface area contributed by atoms with Gasteiger partial charge in [0, 0.05) is 12.7 Å². The van der Waals surface area contributed by atoms with Gasteiger partial charge in [0.2, 0.25) is 5.82 Å². The van der Waals surface area contributed by atoms with Gasteiger partial charge in [-0.25, -0.2) is 9.67 Å². The largest absolute Gasteiger partial charge is 0.497 e. The maximum atomic E-state index is 12.6. The summed E-state index contributed by atoms with van der Waals surface area (Å²) in [6.45, 7) is 4.30. The Hall–Kier alpha value is -3.15. The lowest BCUT2D eigenvalue weighted by atomic mass is 10.0. The third kappa shape index (κ3) is 3.59. The molecule has 0 aliphatic carbocycles. The van der Waals surface area contributed by atoms with E-state index in [1.165, 1.54) is 10.5 Å². The highest BCUT2D eigenvalue weighted by molar-refractivity contribution is 6.03.